The maximum absolute atomic E-state index is 6.59. The monoisotopic (exact) mass is 830 g/mol. The minimum atomic E-state index is 0.512. The molecule has 0 aliphatic heterocycles. The van der Waals surface area contributed by atoms with Crippen LogP contribution in [0.3, 0.4) is 0 Å². The van der Waals surface area contributed by atoms with Crippen LogP contribution in [0.1, 0.15) is 0 Å². The molecular formula is C58H34N6O. The van der Waals surface area contributed by atoms with Crippen LogP contribution < -0.4 is 0 Å². The van der Waals surface area contributed by atoms with Crippen molar-refractivity contribution in [2.24, 2.45) is 0 Å². The Balaban J connectivity index is 1.12. The average Bonchev–Trinajstić information content (AvgIpc) is 3.76. The number of nitrogens with zero attached hydrogens (tertiary/aromatic N) is 6. The van der Waals surface area contributed by atoms with Crippen LogP contribution in [0.15, 0.2) is 211 Å². The molecule has 7 heteroatoms. The normalized spacial score (nSPS) is 11.7. The van der Waals surface area contributed by atoms with Gasteiger partial charge in [-0.05, 0) is 116 Å². The molecule has 0 atom stereocenters. The summed E-state index contributed by atoms with van der Waals surface area (Å²) in [7, 11) is 0. The zero-order valence-electron chi connectivity index (χ0n) is 34.7. The van der Waals surface area contributed by atoms with Gasteiger partial charge < -0.3 is 4.42 Å². The van der Waals surface area contributed by atoms with E-state index in [9.17, 15) is 0 Å². The number of rotatable bonds is 6. The maximum Gasteiger partial charge on any atom is 0.167 e. The largest absolute Gasteiger partial charge is 0.455 e. The Morgan fingerprint density at radius 1 is 0.338 bits per heavy atom. The number of para-hydroxylation sites is 2. The SMILES string of the molecule is c1cncc(-c2ccc(-c3nc(-c4cc(-c5c6ccccc6cc6ncccc56)cc(-c5c6ccccc6cc6ncccc56)c4)nc(-c4cccc5c4oc4ccccc45)n3)cc2)c1. The predicted octanol–water partition coefficient (Wildman–Crippen LogP) is 14.6. The van der Waals surface area contributed by atoms with Crippen LogP contribution >= 0.6 is 0 Å². The molecule has 0 unspecified atom stereocenters. The zero-order valence-corrected chi connectivity index (χ0v) is 34.7. The first-order valence-electron chi connectivity index (χ1n) is 21.6. The van der Waals surface area contributed by atoms with Crippen LogP contribution in [0.2, 0.25) is 0 Å². The minimum Gasteiger partial charge on any atom is -0.455 e. The van der Waals surface area contributed by atoms with Crippen molar-refractivity contribution in [3.05, 3.63) is 207 Å². The summed E-state index contributed by atoms with van der Waals surface area (Å²) in [4.78, 5) is 30.1. The Morgan fingerprint density at radius 3 is 1.54 bits per heavy atom. The fourth-order valence-corrected chi connectivity index (χ4v) is 9.46. The Hall–Kier alpha value is -8.94. The molecule has 0 saturated heterocycles. The summed E-state index contributed by atoms with van der Waals surface area (Å²) in [6, 6.07) is 63.1. The third-order valence-corrected chi connectivity index (χ3v) is 12.4. The van der Waals surface area contributed by atoms with Crippen molar-refractivity contribution in [2.45, 2.75) is 0 Å². The molecule has 5 aromatic heterocycles. The Morgan fingerprint density at radius 2 is 0.877 bits per heavy atom. The highest BCUT2D eigenvalue weighted by Crippen LogP contribution is 2.43. The Bertz CT molecular complexity index is 3770. The quantitative estimate of drug-likeness (QED) is 0.154. The smallest absolute Gasteiger partial charge is 0.167 e. The molecule has 0 spiro atoms. The number of benzene rings is 8. The molecule has 0 aliphatic carbocycles. The van der Waals surface area contributed by atoms with Crippen LogP contribution in [-0.4, -0.2) is 29.9 Å². The molecule has 13 rings (SSSR count). The molecule has 0 radical (unpaired) electrons. The van der Waals surface area contributed by atoms with Crippen molar-refractivity contribution in [1.82, 2.24) is 29.9 Å². The average molecular weight is 831 g/mol. The molecule has 0 bridgehead atoms. The Kier molecular flexibility index (Phi) is 8.39. The molecule has 0 N–H and O–H groups in total. The van der Waals surface area contributed by atoms with E-state index in [0.717, 1.165) is 115 Å². The number of aromatic nitrogens is 6. The van der Waals surface area contributed by atoms with Crippen molar-refractivity contribution in [2.75, 3.05) is 0 Å². The van der Waals surface area contributed by atoms with Gasteiger partial charge in [0.2, 0.25) is 0 Å². The van der Waals surface area contributed by atoms with Gasteiger partial charge in [0.05, 0.1) is 16.6 Å². The van der Waals surface area contributed by atoms with Gasteiger partial charge in [-0.25, -0.2) is 15.0 Å². The van der Waals surface area contributed by atoms with E-state index < -0.39 is 0 Å². The molecule has 13 aromatic rings. The molecular weight excluding hydrogens is 797 g/mol. The molecule has 0 aliphatic rings. The second-order valence-corrected chi connectivity index (χ2v) is 16.3. The van der Waals surface area contributed by atoms with Gasteiger partial charge in [-0.2, -0.15) is 0 Å². The number of furan rings is 1. The molecule has 8 aromatic carbocycles. The van der Waals surface area contributed by atoms with Crippen LogP contribution in [0.5, 0.6) is 0 Å². The lowest BCUT2D eigenvalue weighted by molar-refractivity contribution is 0.669. The highest BCUT2D eigenvalue weighted by Gasteiger charge is 2.21. The molecule has 302 valence electrons. The van der Waals surface area contributed by atoms with E-state index >= 15 is 0 Å². The number of hydrogen-bond donors (Lipinski definition) is 0. The first kappa shape index (κ1) is 36.7. The standard InChI is InChI=1S/C58H34N6O/c1-3-14-43-37(11-1)32-50-47(19-9-27-60-50)53(43)40-29-41(54-44-15-4-2-12-38(44)33-51-48(54)20-10-28-61-51)31-42(30-40)57-62-56(36-24-22-35(23-25-36)39-13-8-26-59-34-39)63-58(64-57)49-18-7-17-46-45-16-5-6-21-52(45)65-55(46)49/h1-34H. The van der Waals surface area contributed by atoms with Crippen LogP contribution in [-0.2, 0) is 0 Å². The third kappa shape index (κ3) is 6.20. The van der Waals surface area contributed by atoms with Crippen LogP contribution in [0, 0.1) is 0 Å². The summed E-state index contributed by atoms with van der Waals surface area (Å²) in [5.74, 6) is 1.59. The summed E-state index contributed by atoms with van der Waals surface area (Å²) in [5, 5.41) is 8.63. The van der Waals surface area contributed by atoms with Gasteiger partial charge in [0, 0.05) is 57.5 Å². The zero-order chi connectivity index (χ0) is 42.8. The van der Waals surface area contributed by atoms with E-state index in [-0.39, 0.29) is 0 Å². The summed E-state index contributed by atoms with van der Waals surface area (Å²) in [6.45, 7) is 0. The minimum absolute atomic E-state index is 0.512. The lowest BCUT2D eigenvalue weighted by atomic mass is 9.88. The molecule has 65 heavy (non-hydrogen) atoms. The fraction of sp³-hybridized carbons (Fsp3) is 0. The van der Waals surface area contributed by atoms with E-state index in [1.54, 1.807) is 6.20 Å². The first-order chi connectivity index (χ1) is 32.2. The number of pyridine rings is 3. The van der Waals surface area contributed by atoms with Crippen molar-refractivity contribution < 1.29 is 4.42 Å². The van der Waals surface area contributed by atoms with Gasteiger partial charge in [0.15, 0.2) is 17.5 Å². The van der Waals surface area contributed by atoms with Gasteiger partial charge in [-0.1, -0.05) is 121 Å². The molecule has 0 saturated carbocycles. The Labute approximate surface area is 372 Å². The predicted molar refractivity (Wildman–Crippen MR) is 263 cm³/mol. The fourth-order valence-electron chi connectivity index (χ4n) is 9.46. The van der Waals surface area contributed by atoms with E-state index in [0.29, 0.717) is 17.5 Å². The van der Waals surface area contributed by atoms with E-state index in [2.05, 4.69) is 138 Å². The summed E-state index contributed by atoms with van der Waals surface area (Å²) in [6.07, 6.45) is 7.38. The lowest BCUT2D eigenvalue weighted by Gasteiger charge is -2.17. The van der Waals surface area contributed by atoms with Crippen molar-refractivity contribution >= 4 is 65.3 Å². The second kappa shape index (κ2) is 14.9. The maximum atomic E-state index is 6.59. The van der Waals surface area contributed by atoms with E-state index in [4.69, 9.17) is 29.3 Å². The van der Waals surface area contributed by atoms with Crippen LogP contribution in [0.25, 0.3) is 133 Å². The van der Waals surface area contributed by atoms with Gasteiger partial charge in [-0.15, -0.1) is 0 Å². The highest BCUT2D eigenvalue weighted by atomic mass is 16.3. The lowest BCUT2D eigenvalue weighted by Crippen LogP contribution is -2.01. The summed E-state index contributed by atoms with van der Waals surface area (Å²) in [5.41, 5.74) is 12.1. The first-order valence-corrected chi connectivity index (χ1v) is 21.6. The molecule has 0 amide bonds. The topological polar surface area (TPSA) is 90.5 Å². The van der Waals surface area contributed by atoms with Crippen molar-refractivity contribution in [1.29, 1.82) is 0 Å². The van der Waals surface area contributed by atoms with E-state index in [1.807, 2.05) is 67.1 Å². The van der Waals surface area contributed by atoms with Crippen molar-refractivity contribution in [3.63, 3.8) is 0 Å². The van der Waals surface area contributed by atoms with E-state index in [1.165, 1.54) is 0 Å². The highest BCUT2D eigenvalue weighted by molar-refractivity contribution is 6.15. The molecule has 0 fully saturated rings. The van der Waals surface area contributed by atoms with Gasteiger partial charge in [0.25, 0.3) is 0 Å². The number of hydrogen-bond acceptors (Lipinski definition) is 7. The van der Waals surface area contributed by atoms with Gasteiger partial charge in [-0.3, -0.25) is 15.0 Å². The van der Waals surface area contributed by atoms with Gasteiger partial charge in [0.1, 0.15) is 11.2 Å². The second-order valence-electron chi connectivity index (χ2n) is 16.3. The summed E-state index contributed by atoms with van der Waals surface area (Å²) >= 11 is 0. The number of fused-ring (bicyclic) bond motifs is 7. The van der Waals surface area contributed by atoms with Gasteiger partial charge >= 0.3 is 0 Å². The van der Waals surface area contributed by atoms with Crippen molar-refractivity contribution in [3.8, 4) is 67.5 Å². The molecule has 5 heterocycles. The summed E-state index contributed by atoms with van der Waals surface area (Å²) < 4.78 is 6.59. The van der Waals surface area contributed by atoms with Crippen LogP contribution in [0.4, 0.5) is 0 Å². The third-order valence-electron chi connectivity index (χ3n) is 12.4. The molecule has 7 nitrogen and oxygen atoms in total.